The molecule has 2 rings (SSSR count). The highest BCUT2D eigenvalue weighted by atomic mass is 32.1. The third kappa shape index (κ3) is 3.32. The predicted molar refractivity (Wildman–Crippen MR) is 76.3 cm³/mol. The number of hydrogen-bond acceptors (Lipinski definition) is 3. The zero-order chi connectivity index (χ0) is 13.7. The molecule has 0 atom stereocenters. The molecule has 0 aliphatic carbocycles. The summed E-state index contributed by atoms with van der Waals surface area (Å²) in [6.07, 6.45) is 2.18. The van der Waals surface area contributed by atoms with Gasteiger partial charge in [0.25, 0.3) is 0 Å². The van der Waals surface area contributed by atoms with Crippen LogP contribution < -0.4 is 0 Å². The van der Waals surface area contributed by atoms with Gasteiger partial charge in [-0.25, -0.2) is 0 Å². The Bertz CT molecular complexity index is 601. The molecule has 19 heavy (non-hydrogen) atoms. The quantitative estimate of drug-likeness (QED) is 0.674. The molecule has 1 N–H and O–H groups in total. The number of esters is 1. The average molecular weight is 276 g/mol. The van der Waals surface area contributed by atoms with Crippen molar-refractivity contribution < 1.29 is 9.53 Å². The Kier molecular flexibility index (Phi) is 4.52. The van der Waals surface area contributed by atoms with E-state index in [1.807, 2.05) is 41.1 Å². The van der Waals surface area contributed by atoms with Gasteiger partial charge in [-0.05, 0) is 24.7 Å². The molecule has 0 radical (unpaired) electrons. The van der Waals surface area contributed by atoms with Crippen LogP contribution in [-0.4, -0.2) is 22.1 Å². The first-order valence-corrected chi connectivity index (χ1v) is 6.62. The Morgan fingerprint density at radius 3 is 2.79 bits per heavy atom. The van der Waals surface area contributed by atoms with Crippen LogP contribution in [0.5, 0.6) is 0 Å². The number of H-pyrrole nitrogens is 1. The monoisotopic (exact) mass is 276 g/mol. The maximum absolute atomic E-state index is 11.4. The van der Waals surface area contributed by atoms with Gasteiger partial charge in [0.05, 0.1) is 18.7 Å². The fourth-order valence-electron chi connectivity index (χ4n) is 1.90. The second-order valence-electron chi connectivity index (χ2n) is 4.05. The maximum atomic E-state index is 11.4. The third-order valence-electron chi connectivity index (χ3n) is 2.78. The van der Waals surface area contributed by atoms with Crippen LogP contribution in [0.25, 0.3) is 11.3 Å². The first-order chi connectivity index (χ1) is 9.22. The Labute approximate surface area is 117 Å². The summed E-state index contributed by atoms with van der Waals surface area (Å²) in [5, 5.41) is 0. The number of rotatable bonds is 5. The second-order valence-corrected chi connectivity index (χ2v) is 4.44. The maximum Gasteiger partial charge on any atom is 0.307 e. The number of nitrogens with one attached hydrogen (secondary N) is 1. The van der Waals surface area contributed by atoms with Gasteiger partial charge >= 0.3 is 5.97 Å². The van der Waals surface area contributed by atoms with Crippen LogP contribution in [0.2, 0.25) is 0 Å². The zero-order valence-electron chi connectivity index (χ0n) is 10.8. The number of aromatic amines is 1. The first-order valence-electron chi connectivity index (χ1n) is 6.21. The van der Waals surface area contributed by atoms with Gasteiger partial charge in [-0.2, -0.15) is 0 Å². The Morgan fingerprint density at radius 1 is 1.37 bits per heavy atom. The minimum absolute atomic E-state index is 0.204. The van der Waals surface area contributed by atoms with Crippen molar-refractivity contribution in [2.45, 2.75) is 19.9 Å². The van der Waals surface area contributed by atoms with Gasteiger partial charge in [0.1, 0.15) is 0 Å². The molecule has 0 bridgehead atoms. The molecule has 0 aliphatic heterocycles. The molecule has 2 aromatic rings. The Balaban J connectivity index is 2.19. The summed E-state index contributed by atoms with van der Waals surface area (Å²) >= 11 is 5.24. The lowest BCUT2D eigenvalue weighted by molar-refractivity contribution is -0.143. The van der Waals surface area contributed by atoms with E-state index < -0.39 is 0 Å². The number of carbonyl (C=O) groups excluding carboxylic acids is 1. The van der Waals surface area contributed by atoms with Crippen LogP contribution in [0, 0.1) is 4.77 Å². The van der Waals surface area contributed by atoms with E-state index in [0.717, 1.165) is 11.3 Å². The molecule has 1 aromatic carbocycles. The Hall–Kier alpha value is -1.88. The molecule has 0 unspecified atom stereocenters. The number of benzene rings is 1. The number of hydrogen-bond donors (Lipinski definition) is 1. The summed E-state index contributed by atoms with van der Waals surface area (Å²) < 4.78 is 7.46. The average Bonchev–Trinajstić information content (AvgIpc) is 2.79. The summed E-state index contributed by atoms with van der Waals surface area (Å²) in [7, 11) is 0. The number of carbonyl (C=O) groups is 1. The van der Waals surface area contributed by atoms with Crippen molar-refractivity contribution in [2.75, 3.05) is 6.61 Å². The molecule has 100 valence electrons. The molecular formula is C14H16N2O2S. The van der Waals surface area contributed by atoms with E-state index in [9.17, 15) is 4.79 Å². The van der Waals surface area contributed by atoms with E-state index >= 15 is 0 Å². The van der Waals surface area contributed by atoms with Crippen molar-refractivity contribution in [3.8, 4) is 11.3 Å². The van der Waals surface area contributed by atoms with E-state index in [0.29, 0.717) is 24.3 Å². The molecule has 1 heterocycles. The highest BCUT2D eigenvalue weighted by molar-refractivity contribution is 7.71. The topological polar surface area (TPSA) is 47.0 Å². The highest BCUT2D eigenvalue weighted by Gasteiger charge is 2.08. The molecule has 0 fully saturated rings. The predicted octanol–water partition coefficient (Wildman–Crippen LogP) is 3.17. The van der Waals surface area contributed by atoms with Crippen molar-refractivity contribution in [1.82, 2.24) is 9.55 Å². The van der Waals surface area contributed by atoms with Crippen molar-refractivity contribution in [1.29, 1.82) is 0 Å². The SMILES string of the molecule is CCOC(=O)CCn1c(-c2ccccc2)c[nH]c1=S. The molecule has 0 saturated carbocycles. The summed E-state index contributed by atoms with van der Waals surface area (Å²) in [6.45, 7) is 2.73. The largest absolute Gasteiger partial charge is 0.466 e. The van der Waals surface area contributed by atoms with Gasteiger partial charge in [0, 0.05) is 12.7 Å². The van der Waals surface area contributed by atoms with Gasteiger partial charge in [-0.15, -0.1) is 0 Å². The summed E-state index contributed by atoms with van der Waals surface area (Å²) in [6, 6.07) is 9.94. The van der Waals surface area contributed by atoms with E-state index in [1.165, 1.54) is 0 Å². The van der Waals surface area contributed by atoms with Crippen LogP contribution in [0.4, 0.5) is 0 Å². The normalized spacial score (nSPS) is 10.4. The van der Waals surface area contributed by atoms with Crippen molar-refractivity contribution in [2.24, 2.45) is 0 Å². The van der Waals surface area contributed by atoms with Gasteiger partial charge in [-0.3, -0.25) is 4.79 Å². The highest BCUT2D eigenvalue weighted by Crippen LogP contribution is 2.19. The lowest BCUT2D eigenvalue weighted by atomic mass is 10.2. The van der Waals surface area contributed by atoms with Gasteiger partial charge < -0.3 is 14.3 Å². The molecule has 0 spiro atoms. The van der Waals surface area contributed by atoms with Crippen LogP contribution in [0.3, 0.4) is 0 Å². The number of aromatic nitrogens is 2. The molecule has 5 heteroatoms. The Morgan fingerprint density at radius 2 is 2.11 bits per heavy atom. The third-order valence-corrected chi connectivity index (χ3v) is 3.12. The van der Waals surface area contributed by atoms with Crippen LogP contribution >= 0.6 is 12.2 Å². The lowest BCUT2D eigenvalue weighted by Crippen LogP contribution is -2.09. The van der Waals surface area contributed by atoms with Gasteiger partial charge in [0.2, 0.25) is 0 Å². The zero-order valence-corrected chi connectivity index (χ0v) is 11.6. The van der Waals surface area contributed by atoms with Crippen molar-refractivity contribution in [3.63, 3.8) is 0 Å². The van der Waals surface area contributed by atoms with Crippen molar-refractivity contribution in [3.05, 3.63) is 41.3 Å². The van der Waals surface area contributed by atoms with Gasteiger partial charge in [0.15, 0.2) is 4.77 Å². The second kappa shape index (κ2) is 6.33. The van der Waals surface area contributed by atoms with E-state index in [4.69, 9.17) is 17.0 Å². The van der Waals surface area contributed by atoms with E-state index in [2.05, 4.69) is 4.98 Å². The molecule has 0 saturated heterocycles. The fraction of sp³-hybridized carbons (Fsp3) is 0.286. The number of ether oxygens (including phenoxy) is 1. The molecule has 1 aromatic heterocycles. The summed E-state index contributed by atoms with van der Waals surface area (Å²) in [4.78, 5) is 14.4. The van der Waals surface area contributed by atoms with E-state index in [1.54, 1.807) is 6.92 Å². The first kappa shape index (κ1) is 13.5. The fourth-order valence-corrected chi connectivity index (χ4v) is 2.15. The number of nitrogens with zero attached hydrogens (tertiary/aromatic N) is 1. The molecular weight excluding hydrogens is 260 g/mol. The van der Waals surface area contributed by atoms with E-state index in [-0.39, 0.29) is 5.97 Å². The summed E-state index contributed by atoms with van der Waals surface area (Å²) in [5.41, 5.74) is 2.05. The van der Waals surface area contributed by atoms with Crippen molar-refractivity contribution >= 4 is 18.2 Å². The molecule has 0 aliphatic rings. The van der Waals surface area contributed by atoms with Crippen LogP contribution in [0.15, 0.2) is 36.5 Å². The molecule has 0 amide bonds. The minimum atomic E-state index is -0.204. The van der Waals surface area contributed by atoms with Crippen LogP contribution in [-0.2, 0) is 16.1 Å². The smallest absolute Gasteiger partial charge is 0.307 e. The number of imidazole rings is 1. The minimum Gasteiger partial charge on any atom is -0.466 e. The molecule has 4 nitrogen and oxygen atoms in total. The summed E-state index contributed by atoms with van der Waals surface area (Å²) in [5.74, 6) is -0.204. The standard InChI is InChI=1S/C14H16N2O2S/c1-2-18-13(17)8-9-16-12(10-15-14(16)19)11-6-4-3-5-7-11/h3-7,10H,2,8-9H2,1H3,(H,15,19). The van der Waals surface area contributed by atoms with Gasteiger partial charge in [-0.1, -0.05) is 30.3 Å². The lowest BCUT2D eigenvalue weighted by Gasteiger charge is -2.08. The van der Waals surface area contributed by atoms with Crippen LogP contribution in [0.1, 0.15) is 13.3 Å².